The maximum Gasteiger partial charge on any atom is 0.123 e. The van der Waals surface area contributed by atoms with Crippen LogP contribution in [0.15, 0.2) is 36.4 Å². The smallest absolute Gasteiger partial charge is 0.123 e. The summed E-state index contributed by atoms with van der Waals surface area (Å²) in [4.78, 5) is 2.42. The number of halogens is 1. The molecular formula is C14H19FN2. The molecule has 1 aliphatic rings. The minimum atomic E-state index is -0.155. The SMILES string of the molecule is Fc1cccc(C/C=C\CN2CCNCC2)c1. The first-order valence-corrected chi connectivity index (χ1v) is 6.17. The number of rotatable bonds is 4. The predicted octanol–water partition coefficient (Wildman–Crippen LogP) is 1.83. The Hall–Kier alpha value is -1.19. The molecule has 17 heavy (non-hydrogen) atoms. The molecule has 0 radical (unpaired) electrons. The van der Waals surface area contributed by atoms with Crippen molar-refractivity contribution in [1.29, 1.82) is 0 Å². The Labute approximate surface area is 102 Å². The average molecular weight is 234 g/mol. The van der Waals surface area contributed by atoms with Gasteiger partial charge in [0.2, 0.25) is 0 Å². The summed E-state index contributed by atoms with van der Waals surface area (Å²) in [6.45, 7) is 5.39. The number of piperazine rings is 1. The van der Waals surface area contributed by atoms with Gasteiger partial charge in [0, 0.05) is 32.7 Å². The van der Waals surface area contributed by atoms with Gasteiger partial charge in [-0.1, -0.05) is 24.3 Å². The van der Waals surface area contributed by atoms with Crippen LogP contribution in [0.4, 0.5) is 4.39 Å². The summed E-state index contributed by atoms with van der Waals surface area (Å²) < 4.78 is 12.9. The van der Waals surface area contributed by atoms with E-state index in [1.807, 2.05) is 6.07 Å². The van der Waals surface area contributed by atoms with Gasteiger partial charge < -0.3 is 5.32 Å². The lowest BCUT2D eigenvalue weighted by molar-refractivity contribution is 0.264. The highest BCUT2D eigenvalue weighted by molar-refractivity contribution is 5.18. The number of allylic oxidation sites excluding steroid dienone is 1. The summed E-state index contributed by atoms with van der Waals surface area (Å²) >= 11 is 0. The average Bonchev–Trinajstić information content (AvgIpc) is 2.36. The van der Waals surface area contributed by atoms with Gasteiger partial charge in [0.15, 0.2) is 0 Å². The summed E-state index contributed by atoms with van der Waals surface area (Å²) in [6.07, 6.45) is 5.11. The standard InChI is InChI=1S/C14H19FN2/c15-14-6-3-5-13(12-14)4-1-2-9-17-10-7-16-8-11-17/h1-3,5-6,12,16H,4,7-11H2/b2-1-. The third-order valence-electron chi connectivity index (χ3n) is 2.98. The summed E-state index contributed by atoms with van der Waals surface area (Å²) in [7, 11) is 0. The van der Waals surface area contributed by atoms with Crippen molar-refractivity contribution in [2.45, 2.75) is 6.42 Å². The van der Waals surface area contributed by atoms with Crippen LogP contribution in [0.2, 0.25) is 0 Å². The zero-order valence-electron chi connectivity index (χ0n) is 10.0. The fraction of sp³-hybridized carbons (Fsp3) is 0.429. The Morgan fingerprint density at radius 2 is 2.06 bits per heavy atom. The molecule has 0 spiro atoms. The highest BCUT2D eigenvalue weighted by atomic mass is 19.1. The number of nitrogens with zero attached hydrogens (tertiary/aromatic N) is 1. The largest absolute Gasteiger partial charge is 0.314 e. The third kappa shape index (κ3) is 4.29. The Balaban J connectivity index is 1.73. The van der Waals surface area contributed by atoms with Gasteiger partial charge in [-0.2, -0.15) is 0 Å². The Morgan fingerprint density at radius 1 is 1.24 bits per heavy atom. The first kappa shape index (κ1) is 12.3. The van der Waals surface area contributed by atoms with E-state index >= 15 is 0 Å². The molecule has 1 fully saturated rings. The molecule has 1 aromatic carbocycles. The van der Waals surface area contributed by atoms with Gasteiger partial charge in [0.05, 0.1) is 0 Å². The lowest BCUT2D eigenvalue weighted by Crippen LogP contribution is -2.43. The minimum absolute atomic E-state index is 0.155. The zero-order valence-corrected chi connectivity index (χ0v) is 10.0. The van der Waals surface area contributed by atoms with Crippen LogP contribution in [0.5, 0.6) is 0 Å². The van der Waals surface area contributed by atoms with Gasteiger partial charge in [-0.3, -0.25) is 4.90 Å². The molecule has 0 amide bonds. The molecule has 92 valence electrons. The van der Waals surface area contributed by atoms with E-state index in [0.717, 1.165) is 44.7 Å². The predicted molar refractivity (Wildman–Crippen MR) is 68.6 cm³/mol. The zero-order chi connectivity index (χ0) is 11.9. The maximum atomic E-state index is 12.9. The monoisotopic (exact) mass is 234 g/mol. The van der Waals surface area contributed by atoms with Crippen molar-refractivity contribution < 1.29 is 4.39 Å². The summed E-state index contributed by atoms with van der Waals surface area (Å²) in [6, 6.07) is 6.79. The first-order chi connectivity index (χ1) is 8.34. The van der Waals surface area contributed by atoms with Crippen LogP contribution >= 0.6 is 0 Å². The molecular weight excluding hydrogens is 215 g/mol. The Morgan fingerprint density at radius 3 is 2.82 bits per heavy atom. The van der Waals surface area contributed by atoms with Crippen LogP contribution in [0, 0.1) is 5.82 Å². The molecule has 0 saturated carbocycles. The Bertz CT molecular complexity index is 370. The van der Waals surface area contributed by atoms with Crippen LogP contribution in [0.25, 0.3) is 0 Å². The fourth-order valence-electron chi connectivity index (χ4n) is 2.00. The summed E-state index contributed by atoms with van der Waals surface area (Å²) in [5.41, 5.74) is 1.03. The second-order valence-electron chi connectivity index (χ2n) is 4.36. The normalized spacial score (nSPS) is 17.7. The van der Waals surface area contributed by atoms with Gasteiger partial charge in [0.1, 0.15) is 5.82 Å². The van der Waals surface area contributed by atoms with Crippen molar-refractivity contribution in [1.82, 2.24) is 10.2 Å². The van der Waals surface area contributed by atoms with Gasteiger partial charge >= 0.3 is 0 Å². The maximum absolute atomic E-state index is 12.9. The molecule has 1 heterocycles. The van der Waals surface area contributed by atoms with Gasteiger partial charge in [0.25, 0.3) is 0 Å². The molecule has 0 aliphatic carbocycles. The molecule has 0 bridgehead atoms. The number of hydrogen-bond donors (Lipinski definition) is 1. The van der Waals surface area contributed by atoms with Gasteiger partial charge in [-0.25, -0.2) is 4.39 Å². The van der Waals surface area contributed by atoms with Crippen molar-refractivity contribution in [3.8, 4) is 0 Å². The van der Waals surface area contributed by atoms with Crippen LogP contribution < -0.4 is 5.32 Å². The van der Waals surface area contributed by atoms with E-state index in [1.54, 1.807) is 12.1 Å². The van der Waals surface area contributed by atoms with Crippen molar-refractivity contribution in [2.75, 3.05) is 32.7 Å². The van der Waals surface area contributed by atoms with E-state index in [9.17, 15) is 4.39 Å². The topological polar surface area (TPSA) is 15.3 Å². The molecule has 1 saturated heterocycles. The Kier molecular flexibility index (Phi) is 4.71. The number of benzene rings is 1. The molecule has 0 unspecified atom stereocenters. The van der Waals surface area contributed by atoms with Crippen molar-refractivity contribution in [3.05, 3.63) is 47.8 Å². The highest BCUT2D eigenvalue weighted by Crippen LogP contribution is 2.04. The van der Waals surface area contributed by atoms with Crippen LogP contribution in [-0.4, -0.2) is 37.6 Å². The van der Waals surface area contributed by atoms with E-state index in [4.69, 9.17) is 0 Å². The van der Waals surface area contributed by atoms with Crippen molar-refractivity contribution in [2.24, 2.45) is 0 Å². The quantitative estimate of drug-likeness (QED) is 0.800. The second kappa shape index (κ2) is 6.52. The summed E-state index contributed by atoms with van der Waals surface area (Å²) in [5, 5.41) is 3.33. The molecule has 3 heteroatoms. The van der Waals surface area contributed by atoms with Crippen molar-refractivity contribution >= 4 is 0 Å². The highest BCUT2D eigenvalue weighted by Gasteiger charge is 2.06. The lowest BCUT2D eigenvalue weighted by Gasteiger charge is -2.25. The van der Waals surface area contributed by atoms with E-state index in [2.05, 4.69) is 22.4 Å². The fourth-order valence-corrected chi connectivity index (χ4v) is 2.00. The van der Waals surface area contributed by atoms with Crippen LogP contribution in [-0.2, 0) is 6.42 Å². The van der Waals surface area contributed by atoms with Crippen molar-refractivity contribution in [3.63, 3.8) is 0 Å². The number of nitrogens with one attached hydrogen (secondary N) is 1. The van der Waals surface area contributed by atoms with Crippen LogP contribution in [0.3, 0.4) is 0 Å². The van der Waals surface area contributed by atoms with Gasteiger partial charge in [-0.15, -0.1) is 0 Å². The van der Waals surface area contributed by atoms with E-state index in [1.165, 1.54) is 6.07 Å². The molecule has 2 rings (SSSR count). The van der Waals surface area contributed by atoms with Crippen LogP contribution in [0.1, 0.15) is 5.56 Å². The molecule has 0 aromatic heterocycles. The second-order valence-corrected chi connectivity index (χ2v) is 4.36. The minimum Gasteiger partial charge on any atom is -0.314 e. The molecule has 0 atom stereocenters. The summed E-state index contributed by atoms with van der Waals surface area (Å²) in [5.74, 6) is -0.155. The van der Waals surface area contributed by atoms with Gasteiger partial charge in [-0.05, 0) is 24.1 Å². The van der Waals surface area contributed by atoms with E-state index < -0.39 is 0 Å². The number of hydrogen-bond acceptors (Lipinski definition) is 2. The van der Waals surface area contributed by atoms with E-state index in [-0.39, 0.29) is 5.82 Å². The lowest BCUT2D eigenvalue weighted by atomic mass is 10.1. The molecule has 1 aromatic rings. The molecule has 1 N–H and O–H groups in total. The van der Waals surface area contributed by atoms with E-state index in [0.29, 0.717) is 0 Å². The molecule has 2 nitrogen and oxygen atoms in total. The first-order valence-electron chi connectivity index (χ1n) is 6.17. The third-order valence-corrected chi connectivity index (χ3v) is 2.98. The molecule has 1 aliphatic heterocycles.